The largest absolute Gasteiger partial charge is 0.390 e. The van der Waals surface area contributed by atoms with Crippen LogP contribution in [0.15, 0.2) is 12.3 Å². The van der Waals surface area contributed by atoms with Crippen LogP contribution in [0, 0.1) is 34.1 Å². The average Bonchev–Trinajstić information content (AvgIpc) is 3.09. The van der Waals surface area contributed by atoms with E-state index in [0.29, 0.717) is 17.9 Å². The summed E-state index contributed by atoms with van der Waals surface area (Å²) in [5, 5.41) is 31.9. The zero-order valence-electron chi connectivity index (χ0n) is 13.7. The minimum absolute atomic E-state index is 0.0869. The first-order chi connectivity index (χ1) is 11.8. The van der Waals surface area contributed by atoms with E-state index in [1.165, 1.54) is 28.6 Å². The van der Waals surface area contributed by atoms with Crippen LogP contribution in [0.4, 0.5) is 11.5 Å². The Morgan fingerprint density at radius 3 is 2.48 bits per heavy atom. The smallest absolute Gasteiger partial charge is 0.358 e. The first-order valence-corrected chi connectivity index (χ1v) is 7.42. The molecule has 0 radical (unpaired) electrons. The third kappa shape index (κ3) is 4.59. The zero-order chi connectivity index (χ0) is 18.6. The van der Waals surface area contributed by atoms with Gasteiger partial charge in [-0.15, -0.1) is 0 Å². The molecule has 0 bridgehead atoms. The van der Waals surface area contributed by atoms with Crippen LogP contribution in [0.5, 0.6) is 0 Å². The number of carbonyl (C=O) groups is 1. The van der Waals surface area contributed by atoms with E-state index in [9.17, 15) is 25.0 Å². The minimum atomic E-state index is -0.576. The first-order valence-electron chi connectivity index (χ1n) is 7.42. The molecule has 0 unspecified atom stereocenters. The number of nitro groups is 2. The fraction of sp³-hybridized carbons (Fsp3) is 0.462. The van der Waals surface area contributed by atoms with Crippen molar-refractivity contribution in [2.75, 3.05) is 6.54 Å². The summed E-state index contributed by atoms with van der Waals surface area (Å²) in [6, 6.07) is 1.36. The SMILES string of the molecule is Cc1nn(CCC(=O)NCCn2nc([N+](=O)[O-])cc2C)cc1[N+](=O)[O-]. The van der Waals surface area contributed by atoms with Crippen molar-refractivity contribution in [3.8, 4) is 0 Å². The second kappa shape index (κ2) is 7.51. The minimum Gasteiger partial charge on any atom is -0.358 e. The number of rotatable bonds is 8. The molecule has 0 saturated carbocycles. The van der Waals surface area contributed by atoms with E-state index in [1.807, 2.05) is 0 Å². The predicted octanol–water partition coefficient (Wildman–Crippen LogP) is 0.719. The first kappa shape index (κ1) is 18.0. The molecule has 1 N–H and O–H groups in total. The van der Waals surface area contributed by atoms with Crippen molar-refractivity contribution in [2.45, 2.75) is 33.4 Å². The molecule has 12 nitrogen and oxygen atoms in total. The predicted molar refractivity (Wildman–Crippen MR) is 84.9 cm³/mol. The van der Waals surface area contributed by atoms with Crippen molar-refractivity contribution in [1.29, 1.82) is 0 Å². The highest BCUT2D eigenvalue weighted by Crippen LogP contribution is 2.15. The van der Waals surface area contributed by atoms with Crippen LogP contribution < -0.4 is 5.32 Å². The number of hydrogen-bond donors (Lipinski definition) is 1. The zero-order valence-corrected chi connectivity index (χ0v) is 13.7. The summed E-state index contributed by atoms with van der Waals surface area (Å²) in [4.78, 5) is 32.1. The van der Waals surface area contributed by atoms with Gasteiger partial charge in [-0.1, -0.05) is 0 Å². The molecular weight excluding hydrogens is 334 g/mol. The van der Waals surface area contributed by atoms with Gasteiger partial charge in [-0.25, -0.2) is 0 Å². The fourth-order valence-corrected chi connectivity index (χ4v) is 2.22. The van der Waals surface area contributed by atoms with Crippen LogP contribution in [0.1, 0.15) is 17.8 Å². The van der Waals surface area contributed by atoms with Crippen LogP contribution in [-0.2, 0) is 17.9 Å². The van der Waals surface area contributed by atoms with Gasteiger partial charge >= 0.3 is 11.5 Å². The van der Waals surface area contributed by atoms with Crippen molar-refractivity contribution in [3.63, 3.8) is 0 Å². The molecule has 0 aliphatic carbocycles. The molecule has 0 aliphatic rings. The lowest BCUT2D eigenvalue weighted by Gasteiger charge is -2.05. The van der Waals surface area contributed by atoms with Gasteiger partial charge in [-0.3, -0.25) is 19.6 Å². The number of amides is 1. The third-order valence-corrected chi connectivity index (χ3v) is 3.49. The molecule has 2 heterocycles. The molecular formula is C13H17N7O5. The van der Waals surface area contributed by atoms with Gasteiger partial charge in [0.05, 0.1) is 28.3 Å². The summed E-state index contributed by atoms with van der Waals surface area (Å²) in [7, 11) is 0. The molecule has 0 saturated heterocycles. The Morgan fingerprint density at radius 2 is 1.92 bits per heavy atom. The van der Waals surface area contributed by atoms with Crippen LogP contribution in [-0.4, -0.2) is 41.9 Å². The van der Waals surface area contributed by atoms with E-state index in [0.717, 1.165) is 0 Å². The molecule has 25 heavy (non-hydrogen) atoms. The molecule has 0 aliphatic heterocycles. The highest BCUT2D eigenvalue weighted by molar-refractivity contribution is 5.75. The normalized spacial score (nSPS) is 10.6. The third-order valence-electron chi connectivity index (χ3n) is 3.49. The molecule has 0 fully saturated rings. The quantitative estimate of drug-likeness (QED) is 0.543. The summed E-state index contributed by atoms with van der Waals surface area (Å²) in [5.74, 6) is -0.491. The van der Waals surface area contributed by atoms with E-state index in [2.05, 4.69) is 15.5 Å². The van der Waals surface area contributed by atoms with Gasteiger partial charge < -0.3 is 15.4 Å². The number of nitrogens with zero attached hydrogens (tertiary/aromatic N) is 6. The maximum atomic E-state index is 11.8. The Bertz CT molecular complexity index is 810. The Hall–Kier alpha value is -3.31. The summed E-state index contributed by atoms with van der Waals surface area (Å²) in [6.45, 7) is 4.00. The van der Waals surface area contributed by atoms with Gasteiger partial charge in [0.1, 0.15) is 11.9 Å². The van der Waals surface area contributed by atoms with Crippen molar-refractivity contribution >= 4 is 17.4 Å². The van der Waals surface area contributed by atoms with Crippen LogP contribution >= 0.6 is 0 Å². The molecule has 12 heteroatoms. The summed E-state index contributed by atoms with van der Waals surface area (Å²) >= 11 is 0. The summed E-state index contributed by atoms with van der Waals surface area (Å²) in [5.41, 5.74) is 0.831. The van der Waals surface area contributed by atoms with Crippen LogP contribution in [0.3, 0.4) is 0 Å². The average molecular weight is 351 g/mol. The van der Waals surface area contributed by atoms with E-state index in [1.54, 1.807) is 6.92 Å². The second-order valence-corrected chi connectivity index (χ2v) is 5.34. The van der Waals surface area contributed by atoms with E-state index < -0.39 is 9.85 Å². The van der Waals surface area contributed by atoms with Gasteiger partial charge in [0.15, 0.2) is 0 Å². The van der Waals surface area contributed by atoms with Crippen molar-refractivity contribution < 1.29 is 14.6 Å². The monoisotopic (exact) mass is 351 g/mol. The number of carbonyl (C=O) groups excluding carboxylic acids is 1. The van der Waals surface area contributed by atoms with Gasteiger partial charge in [-0.05, 0) is 18.8 Å². The molecule has 2 aromatic rings. The summed E-state index contributed by atoms with van der Waals surface area (Å²) in [6.07, 6.45) is 1.39. The van der Waals surface area contributed by atoms with Gasteiger partial charge in [-0.2, -0.15) is 9.78 Å². The summed E-state index contributed by atoms with van der Waals surface area (Å²) < 4.78 is 2.80. The van der Waals surface area contributed by atoms with E-state index >= 15 is 0 Å². The maximum Gasteiger partial charge on any atom is 0.390 e. The highest BCUT2D eigenvalue weighted by Gasteiger charge is 2.16. The fourth-order valence-electron chi connectivity index (χ4n) is 2.22. The topological polar surface area (TPSA) is 151 Å². The van der Waals surface area contributed by atoms with Gasteiger partial charge in [0.25, 0.3) is 0 Å². The van der Waals surface area contributed by atoms with Gasteiger partial charge in [0.2, 0.25) is 5.91 Å². The number of hydrogen-bond acceptors (Lipinski definition) is 7. The number of nitrogens with one attached hydrogen (secondary N) is 1. The highest BCUT2D eigenvalue weighted by atomic mass is 16.6. The van der Waals surface area contributed by atoms with Gasteiger partial charge in [0, 0.05) is 19.5 Å². The molecule has 0 spiro atoms. The Kier molecular flexibility index (Phi) is 5.41. The molecule has 2 rings (SSSR count). The van der Waals surface area contributed by atoms with Crippen LogP contribution in [0.2, 0.25) is 0 Å². The molecule has 0 atom stereocenters. The second-order valence-electron chi connectivity index (χ2n) is 5.34. The van der Waals surface area contributed by atoms with Crippen molar-refractivity contribution in [3.05, 3.63) is 43.9 Å². The molecule has 0 aromatic carbocycles. The number of aromatic nitrogens is 4. The molecule has 1 amide bonds. The Balaban J connectivity index is 1.78. The standard InChI is InChI=1S/C13H17N7O5/c1-9-7-12(20(24)25)16-18(9)6-4-14-13(21)3-5-17-8-11(19(22)23)10(2)15-17/h7-8H,3-6H2,1-2H3,(H,14,21). The molecule has 2 aromatic heterocycles. The Labute approximate surface area is 141 Å². The van der Waals surface area contributed by atoms with Crippen LogP contribution in [0.25, 0.3) is 0 Å². The number of aryl methyl sites for hydroxylation is 3. The molecule has 134 valence electrons. The lowest BCUT2D eigenvalue weighted by atomic mass is 10.4. The lowest BCUT2D eigenvalue weighted by molar-refractivity contribution is -0.389. The lowest BCUT2D eigenvalue weighted by Crippen LogP contribution is -2.28. The van der Waals surface area contributed by atoms with E-state index in [4.69, 9.17) is 0 Å². The Morgan fingerprint density at radius 1 is 1.20 bits per heavy atom. The maximum absolute atomic E-state index is 11.8. The van der Waals surface area contributed by atoms with Crippen molar-refractivity contribution in [2.24, 2.45) is 0 Å². The van der Waals surface area contributed by atoms with E-state index in [-0.39, 0.29) is 36.9 Å². The van der Waals surface area contributed by atoms with Crippen molar-refractivity contribution in [1.82, 2.24) is 24.9 Å².